The third kappa shape index (κ3) is 5.86. The number of para-hydroxylation sites is 3. The van der Waals surface area contributed by atoms with E-state index in [2.05, 4.69) is 10.6 Å². The number of hydrogen-bond acceptors (Lipinski definition) is 3. The number of nitrogens with one attached hydrogen (secondary N) is 2. The number of carbonyl (C=O) groups excluding carboxylic acids is 2. The molecule has 1 atom stereocenters. The van der Waals surface area contributed by atoms with Crippen LogP contribution in [0.3, 0.4) is 0 Å². The summed E-state index contributed by atoms with van der Waals surface area (Å²) < 4.78 is 0. The average Bonchev–Trinajstić information content (AvgIpc) is 2.65. The number of amides is 2. The van der Waals surface area contributed by atoms with Crippen molar-refractivity contribution in [2.75, 3.05) is 10.2 Å². The third-order valence-corrected chi connectivity index (χ3v) is 3.43. The van der Waals surface area contributed by atoms with Gasteiger partial charge < -0.3 is 16.4 Å². The van der Waals surface area contributed by atoms with Gasteiger partial charge in [0, 0.05) is 5.69 Å². The van der Waals surface area contributed by atoms with Gasteiger partial charge in [0.05, 0.1) is 11.4 Å². The summed E-state index contributed by atoms with van der Waals surface area (Å²) in [4.78, 5) is 25.3. The fourth-order valence-electron chi connectivity index (χ4n) is 2.15. The van der Waals surface area contributed by atoms with Crippen LogP contribution in [0.15, 0.2) is 54.6 Å². The van der Waals surface area contributed by atoms with Gasteiger partial charge in [0.25, 0.3) is 0 Å². The fourth-order valence-corrected chi connectivity index (χ4v) is 2.33. The second kappa shape index (κ2) is 10.8. The summed E-state index contributed by atoms with van der Waals surface area (Å²) >= 11 is 4.74. The molecule has 138 valence electrons. The van der Waals surface area contributed by atoms with Crippen LogP contribution in [-0.2, 0) is 9.59 Å². The van der Waals surface area contributed by atoms with E-state index < -0.39 is 6.04 Å². The first kappa shape index (κ1) is 21.1. The Balaban J connectivity index is 0.00000163. The summed E-state index contributed by atoms with van der Waals surface area (Å²) in [5.41, 5.74) is 7.16. The normalized spacial score (nSPS) is 10.6. The highest BCUT2D eigenvalue weighted by Gasteiger charge is 2.17. The Hall–Kier alpha value is -2.93. The number of nitrogens with zero attached hydrogens (tertiary/aromatic N) is 1. The average molecular weight is 372 g/mol. The van der Waals surface area contributed by atoms with Crippen LogP contribution < -0.4 is 21.3 Å². The van der Waals surface area contributed by atoms with E-state index in [4.69, 9.17) is 18.0 Å². The lowest BCUT2D eigenvalue weighted by molar-refractivity contribution is -0.117. The molecule has 0 radical (unpaired) electrons. The molecule has 0 aromatic heterocycles. The number of anilines is 3. The van der Waals surface area contributed by atoms with Crippen molar-refractivity contribution in [2.24, 2.45) is 5.73 Å². The van der Waals surface area contributed by atoms with E-state index in [1.54, 1.807) is 31.2 Å². The quantitative estimate of drug-likeness (QED) is 0.535. The maximum Gasteiger partial charge on any atom is 0.246 e. The van der Waals surface area contributed by atoms with Crippen molar-refractivity contribution >= 4 is 46.7 Å². The Kier molecular flexibility index (Phi) is 8.80. The molecule has 0 heterocycles. The maximum atomic E-state index is 12.3. The Morgan fingerprint density at radius 2 is 1.69 bits per heavy atom. The summed E-state index contributed by atoms with van der Waals surface area (Å²) in [5.74, 6) is -0.311. The lowest BCUT2D eigenvalue weighted by atomic mass is 10.2. The monoisotopic (exact) mass is 372 g/mol. The van der Waals surface area contributed by atoms with E-state index in [9.17, 15) is 9.59 Å². The van der Waals surface area contributed by atoms with Crippen LogP contribution >= 0.6 is 12.2 Å². The first-order valence-corrected chi connectivity index (χ1v) is 8.69. The predicted molar refractivity (Wildman–Crippen MR) is 110 cm³/mol. The minimum Gasteiger partial charge on any atom is -0.376 e. The zero-order valence-corrected chi connectivity index (χ0v) is 15.9. The molecule has 7 heteroatoms. The molecule has 2 aromatic rings. The molecule has 0 fully saturated rings. The van der Waals surface area contributed by atoms with E-state index in [1.807, 2.05) is 44.2 Å². The van der Waals surface area contributed by atoms with Crippen molar-refractivity contribution < 1.29 is 9.59 Å². The number of nitrogens with two attached hydrogens (primary N) is 1. The van der Waals surface area contributed by atoms with Crippen LogP contribution in [0.1, 0.15) is 20.8 Å². The fraction of sp³-hybridized carbons (Fsp3) is 0.211. The van der Waals surface area contributed by atoms with E-state index in [0.717, 1.165) is 0 Å². The second-order valence-corrected chi connectivity index (χ2v) is 5.49. The van der Waals surface area contributed by atoms with Gasteiger partial charge in [-0.2, -0.15) is 0 Å². The third-order valence-electron chi connectivity index (χ3n) is 3.31. The molecule has 6 nitrogen and oxygen atoms in total. The molecule has 2 amide bonds. The Morgan fingerprint density at radius 3 is 2.27 bits per heavy atom. The molecular formula is C19H24N4O2S. The van der Waals surface area contributed by atoms with Crippen molar-refractivity contribution in [1.82, 2.24) is 5.32 Å². The van der Waals surface area contributed by atoms with Crippen LogP contribution in [-0.4, -0.2) is 23.5 Å². The second-order valence-electron chi connectivity index (χ2n) is 5.05. The van der Waals surface area contributed by atoms with Gasteiger partial charge in [0.1, 0.15) is 6.04 Å². The van der Waals surface area contributed by atoms with Gasteiger partial charge in [-0.3, -0.25) is 14.5 Å². The van der Waals surface area contributed by atoms with E-state index in [-0.39, 0.29) is 11.0 Å². The SMILES string of the molecule is CC.CC(NC(N)=S)C(=O)Nc1ccccc1N(C=O)c1ccccc1. The molecule has 26 heavy (non-hydrogen) atoms. The topological polar surface area (TPSA) is 87.5 Å². The number of benzene rings is 2. The van der Waals surface area contributed by atoms with Crippen LogP contribution in [0.2, 0.25) is 0 Å². The lowest BCUT2D eigenvalue weighted by Crippen LogP contribution is -2.44. The molecule has 4 N–H and O–H groups in total. The van der Waals surface area contributed by atoms with E-state index >= 15 is 0 Å². The van der Waals surface area contributed by atoms with Gasteiger partial charge >= 0.3 is 0 Å². The zero-order chi connectivity index (χ0) is 19.5. The highest BCUT2D eigenvalue weighted by Crippen LogP contribution is 2.30. The molecule has 0 aliphatic carbocycles. The van der Waals surface area contributed by atoms with Gasteiger partial charge in [0.2, 0.25) is 12.3 Å². The molecule has 0 aliphatic rings. The van der Waals surface area contributed by atoms with Crippen LogP contribution in [0.25, 0.3) is 0 Å². The van der Waals surface area contributed by atoms with Gasteiger partial charge in [-0.05, 0) is 43.4 Å². The maximum absolute atomic E-state index is 12.3. The van der Waals surface area contributed by atoms with Crippen molar-refractivity contribution in [3.63, 3.8) is 0 Å². The van der Waals surface area contributed by atoms with Crippen molar-refractivity contribution in [2.45, 2.75) is 26.8 Å². The first-order valence-electron chi connectivity index (χ1n) is 8.28. The summed E-state index contributed by atoms with van der Waals surface area (Å²) in [7, 11) is 0. The number of rotatable bonds is 6. The summed E-state index contributed by atoms with van der Waals surface area (Å²) in [6.07, 6.45) is 0.705. The van der Waals surface area contributed by atoms with Gasteiger partial charge in [-0.25, -0.2) is 0 Å². The van der Waals surface area contributed by atoms with Gasteiger partial charge in [-0.1, -0.05) is 44.2 Å². The molecule has 1 unspecified atom stereocenters. The van der Waals surface area contributed by atoms with Gasteiger partial charge in [0.15, 0.2) is 5.11 Å². The van der Waals surface area contributed by atoms with Crippen LogP contribution in [0.5, 0.6) is 0 Å². The molecule has 0 aliphatic heterocycles. The van der Waals surface area contributed by atoms with E-state index in [0.29, 0.717) is 23.5 Å². The lowest BCUT2D eigenvalue weighted by Gasteiger charge is -2.22. The first-order chi connectivity index (χ1) is 12.5. The molecule has 0 bridgehead atoms. The zero-order valence-electron chi connectivity index (χ0n) is 15.1. The van der Waals surface area contributed by atoms with E-state index in [1.165, 1.54) is 4.90 Å². The molecule has 0 spiro atoms. The standard InChI is InChI=1S/C17H18N4O2S.C2H6/c1-12(19-17(18)24)16(23)20-14-9-5-6-10-15(14)21(11-22)13-7-3-2-4-8-13;1-2/h2-12H,1H3,(H,20,23)(H3,18,19,24);1-2H3. The summed E-state index contributed by atoms with van der Waals surface area (Å²) in [5, 5.41) is 5.50. The smallest absolute Gasteiger partial charge is 0.246 e. The van der Waals surface area contributed by atoms with Crippen LogP contribution in [0.4, 0.5) is 17.1 Å². The van der Waals surface area contributed by atoms with Crippen LogP contribution in [0, 0.1) is 0 Å². The Labute approximate surface area is 159 Å². The van der Waals surface area contributed by atoms with Crippen molar-refractivity contribution in [3.8, 4) is 0 Å². The largest absolute Gasteiger partial charge is 0.376 e. The predicted octanol–water partition coefficient (Wildman–Crippen LogP) is 3.17. The number of carbonyl (C=O) groups is 2. The number of thiocarbonyl (C=S) groups is 1. The van der Waals surface area contributed by atoms with Gasteiger partial charge in [-0.15, -0.1) is 0 Å². The molecule has 0 saturated heterocycles. The molecular weight excluding hydrogens is 348 g/mol. The number of hydrogen-bond donors (Lipinski definition) is 3. The minimum atomic E-state index is -0.600. The summed E-state index contributed by atoms with van der Waals surface area (Å²) in [6.45, 7) is 5.64. The Morgan fingerprint density at radius 1 is 1.12 bits per heavy atom. The molecule has 0 saturated carbocycles. The molecule has 2 rings (SSSR count). The highest BCUT2D eigenvalue weighted by molar-refractivity contribution is 7.80. The van der Waals surface area contributed by atoms with Crippen molar-refractivity contribution in [1.29, 1.82) is 0 Å². The highest BCUT2D eigenvalue weighted by atomic mass is 32.1. The summed E-state index contributed by atoms with van der Waals surface area (Å²) in [6, 6.07) is 15.6. The Bertz CT molecular complexity index is 737. The van der Waals surface area contributed by atoms with Crippen molar-refractivity contribution in [3.05, 3.63) is 54.6 Å². The molecule has 2 aromatic carbocycles. The minimum absolute atomic E-state index is 0.0461.